The van der Waals surface area contributed by atoms with E-state index in [1.807, 2.05) is 33.5 Å². The van der Waals surface area contributed by atoms with Crippen LogP contribution in [0.4, 0.5) is 0 Å². The number of nitrogens with zero attached hydrogens (tertiary/aromatic N) is 4. The van der Waals surface area contributed by atoms with Crippen LogP contribution in [0.25, 0.3) is 0 Å². The predicted molar refractivity (Wildman–Crippen MR) is 72.6 cm³/mol. The van der Waals surface area contributed by atoms with Crippen molar-refractivity contribution in [3.05, 3.63) is 29.0 Å². The summed E-state index contributed by atoms with van der Waals surface area (Å²) >= 11 is 1.70. The first-order valence-corrected chi connectivity index (χ1v) is 7.02. The van der Waals surface area contributed by atoms with Crippen LogP contribution in [0.3, 0.4) is 0 Å². The van der Waals surface area contributed by atoms with E-state index >= 15 is 0 Å². The molecule has 0 aliphatic rings. The Balaban J connectivity index is 2.17. The summed E-state index contributed by atoms with van der Waals surface area (Å²) in [6.07, 6.45) is 6.02. The topological polar surface area (TPSA) is 34.6 Å². The van der Waals surface area contributed by atoms with E-state index in [2.05, 4.69) is 44.8 Å². The number of rotatable bonds is 3. The van der Waals surface area contributed by atoms with Crippen molar-refractivity contribution in [3.8, 4) is 0 Å². The minimum atomic E-state index is 0.0277. The summed E-state index contributed by atoms with van der Waals surface area (Å²) in [6.45, 7) is 11.8. The highest BCUT2D eigenvalue weighted by Gasteiger charge is 2.28. The first-order valence-electron chi connectivity index (χ1n) is 6.14. The molecule has 98 valence electrons. The molecular formula is C13H21N4S+. The van der Waals surface area contributed by atoms with Crippen molar-refractivity contribution in [3.63, 3.8) is 0 Å². The van der Waals surface area contributed by atoms with E-state index in [1.165, 1.54) is 4.88 Å². The van der Waals surface area contributed by atoms with Crippen molar-refractivity contribution < 1.29 is 4.68 Å². The molecule has 0 saturated heterocycles. The van der Waals surface area contributed by atoms with Gasteiger partial charge in [-0.3, -0.25) is 4.98 Å². The number of hydrogen-bond donors (Lipinski definition) is 0. The van der Waals surface area contributed by atoms with Crippen LogP contribution in [-0.4, -0.2) is 14.9 Å². The van der Waals surface area contributed by atoms with Crippen LogP contribution >= 0.6 is 11.3 Å². The van der Waals surface area contributed by atoms with Gasteiger partial charge in [0.05, 0.1) is 10.7 Å². The summed E-state index contributed by atoms with van der Waals surface area (Å²) in [6, 6.07) is 0. The van der Waals surface area contributed by atoms with Gasteiger partial charge in [-0.15, -0.1) is 20.7 Å². The second-order valence-corrected chi connectivity index (χ2v) is 7.14. The van der Waals surface area contributed by atoms with Crippen LogP contribution < -0.4 is 4.68 Å². The maximum atomic E-state index is 4.59. The Morgan fingerprint density at radius 3 is 2.50 bits per heavy atom. The molecule has 2 heterocycles. The number of aromatic nitrogens is 4. The molecule has 0 saturated carbocycles. The summed E-state index contributed by atoms with van der Waals surface area (Å²) in [5.74, 6) is 0. The molecule has 0 aliphatic heterocycles. The minimum absolute atomic E-state index is 0.0277. The first-order chi connectivity index (χ1) is 8.29. The van der Waals surface area contributed by atoms with Gasteiger partial charge < -0.3 is 0 Å². The summed E-state index contributed by atoms with van der Waals surface area (Å²) in [5.41, 5.74) is 1.97. The third-order valence-corrected chi connectivity index (χ3v) is 4.07. The summed E-state index contributed by atoms with van der Waals surface area (Å²) in [7, 11) is 0. The largest absolute Gasteiger partial charge is 0.253 e. The molecule has 0 unspecified atom stereocenters. The Hall–Kier alpha value is -1.23. The molecule has 0 bridgehead atoms. The Labute approximate surface area is 112 Å². The van der Waals surface area contributed by atoms with Crippen LogP contribution in [0.2, 0.25) is 0 Å². The Morgan fingerprint density at radius 2 is 2.00 bits per heavy atom. The zero-order chi connectivity index (χ0) is 13.4. The molecule has 18 heavy (non-hydrogen) atoms. The van der Waals surface area contributed by atoms with Crippen LogP contribution in [0.15, 0.2) is 24.1 Å². The molecule has 0 spiro atoms. The van der Waals surface area contributed by atoms with Gasteiger partial charge in [0.25, 0.3) is 0 Å². The van der Waals surface area contributed by atoms with E-state index in [1.54, 1.807) is 11.3 Å². The molecule has 4 nitrogen and oxygen atoms in total. The summed E-state index contributed by atoms with van der Waals surface area (Å²) in [5, 5.41) is 4.59. The van der Waals surface area contributed by atoms with Gasteiger partial charge in [-0.25, -0.2) is 0 Å². The highest BCUT2D eigenvalue weighted by Crippen LogP contribution is 2.26. The van der Waals surface area contributed by atoms with Crippen LogP contribution in [-0.2, 0) is 17.5 Å². The van der Waals surface area contributed by atoms with Crippen molar-refractivity contribution >= 4 is 11.3 Å². The van der Waals surface area contributed by atoms with Gasteiger partial charge in [-0.2, -0.15) is 0 Å². The summed E-state index contributed by atoms with van der Waals surface area (Å²) in [4.78, 5) is 5.45. The van der Waals surface area contributed by atoms with E-state index in [4.69, 9.17) is 0 Å². The predicted octanol–water partition coefficient (Wildman–Crippen LogP) is 2.36. The first kappa shape index (κ1) is 13.2. The van der Waals surface area contributed by atoms with Crippen molar-refractivity contribution in [2.75, 3.05) is 0 Å². The number of hydrogen-bond acceptors (Lipinski definition) is 3. The van der Waals surface area contributed by atoms with E-state index in [9.17, 15) is 0 Å². The zero-order valence-electron chi connectivity index (χ0n) is 11.7. The van der Waals surface area contributed by atoms with Crippen LogP contribution in [0.1, 0.15) is 39.5 Å². The smallest absolute Gasteiger partial charge is 0.155 e. The SMILES string of the molecule is CC(C)(C[n+]1ccn(C(C)(C)C)n1)c1cncs1. The molecule has 0 amide bonds. The molecular weight excluding hydrogens is 244 g/mol. The Morgan fingerprint density at radius 1 is 1.28 bits per heavy atom. The molecule has 0 N–H and O–H groups in total. The van der Waals surface area contributed by atoms with Crippen LogP contribution in [0.5, 0.6) is 0 Å². The fraction of sp³-hybridized carbons (Fsp3) is 0.615. The molecule has 0 aliphatic carbocycles. The fourth-order valence-corrected chi connectivity index (χ4v) is 2.54. The van der Waals surface area contributed by atoms with Crippen molar-refractivity contribution in [2.24, 2.45) is 0 Å². The third-order valence-electron chi connectivity index (χ3n) is 2.94. The molecule has 2 aromatic heterocycles. The van der Waals surface area contributed by atoms with Gasteiger partial charge in [0.2, 0.25) is 0 Å². The fourth-order valence-electron chi connectivity index (χ4n) is 1.80. The van der Waals surface area contributed by atoms with Crippen LogP contribution in [0, 0.1) is 0 Å². The van der Waals surface area contributed by atoms with Gasteiger partial charge in [-0.05, 0) is 20.8 Å². The lowest BCUT2D eigenvalue weighted by Crippen LogP contribution is -2.45. The van der Waals surface area contributed by atoms with E-state index in [-0.39, 0.29) is 11.0 Å². The lowest BCUT2D eigenvalue weighted by molar-refractivity contribution is -0.761. The standard InChI is InChI=1S/C13H21N4S/c1-12(2,3)17-7-6-16(15-17)9-13(4,5)11-8-14-10-18-11/h6-8,10H,9H2,1-5H3/q+1. The third kappa shape index (κ3) is 2.77. The molecule has 0 aromatic carbocycles. The molecule has 5 heteroatoms. The number of thiazole rings is 1. The van der Waals surface area contributed by atoms with E-state index in [0.717, 1.165) is 6.54 Å². The second kappa shape index (κ2) is 4.46. The Bertz CT molecular complexity index is 505. The van der Waals surface area contributed by atoms with Gasteiger partial charge in [0.15, 0.2) is 12.4 Å². The molecule has 2 rings (SSSR count). The van der Waals surface area contributed by atoms with Gasteiger partial charge in [0.1, 0.15) is 12.1 Å². The average molecular weight is 265 g/mol. The molecule has 0 atom stereocenters. The summed E-state index contributed by atoms with van der Waals surface area (Å²) < 4.78 is 4.00. The lowest BCUT2D eigenvalue weighted by Gasteiger charge is -2.19. The monoisotopic (exact) mass is 265 g/mol. The molecule has 2 aromatic rings. The average Bonchev–Trinajstić information content (AvgIpc) is 2.83. The second-order valence-electron chi connectivity index (χ2n) is 6.25. The van der Waals surface area contributed by atoms with Gasteiger partial charge in [-0.1, -0.05) is 13.8 Å². The van der Waals surface area contributed by atoms with Crippen molar-refractivity contribution in [1.82, 2.24) is 14.9 Å². The maximum absolute atomic E-state index is 4.59. The highest BCUT2D eigenvalue weighted by molar-refractivity contribution is 7.09. The maximum Gasteiger partial charge on any atom is 0.155 e. The lowest BCUT2D eigenvalue weighted by atomic mass is 9.92. The van der Waals surface area contributed by atoms with Crippen molar-refractivity contribution in [2.45, 2.75) is 52.1 Å². The zero-order valence-corrected chi connectivity index (χ0v) is 12.5. The highest BCUT2D eigenvalue weighted by atomic mass is 32.1. The van der Waals surface area contributed by atoms with Crippen molar-refractivity contribution in [1.29, 1.82) is 0 Å². The molecule has 0 fully saturated rings. The molecule has 0 radical (unpaired) electrons. The van der Waals surface area contributed by atoms with Gasteiger partial charge >= 0.3 is 0 Å². The quantitative estimate of drug-likeness (QED) is 0.799. The van der Waals surface area contributed by atoms with E-state index in [0.29, 0.717) is 0 Å². The van der Waals surface area contributed by atoms with Gasteiger partial charge in [0, 0.05) is 16.5 Å². The normalized spacial score (nSPS) is 12.9. The van der Waals surface area contributed by atoms with E-state index < -0.39 is 0 Å². The minimum Gasteiger partial charge on any atom is -0.253 e. The Kier molecular flexibility index (Phi) is 3.27.